The molecule has 2 heterocycles. The van der Waals surface area contributed by atoms with Gasteiger partial charge in [-0.1, -0.05) is 0 Å². The molecule has 1 aromatic rings. The van der Waals surface area contributed by atoms with Crippen molar-refractivity contribution in [3.63, 3.8) is 0 Å². The maximum atomic E-state index is 12.4. The number of furan rings is 1. The highest BCUT2D eigenvalue weighted by molar-refractivity contribution is 9.10. The van der Waals surface area contributed by atoms with Gasteiger partial charge < -0.3 is 14.9 Å². The maximum Gasteiger partial charge on any atom is 0.206 e. The first-order valence-electron chi connectivity index (χ1n) is 5.25. The third-order valence-corrected chi connectivity index (χ3v) is 3.77. The predicted octanol–water partition coefficient (Wildman–Crippen LogP) is 1.98. The van der Waals surface area contributed by atoms with Gasteiger partial charge in [0.2, 0.25) is 5.78 Å². The lowest BCUT2D eigenvalue weighted by molar-refractivity contribution is 0.0183. The molecule has 4 nitrogen and oxygen atoms in total. The molecule has 0 aliphatic carbocycles. The van der Waals surface area contributed by atoms with Crippen molar-refractivity contribution < 1.29 is 13.9 Å². The molecular formula is C11H14BrNO3. The van der Waals surface area contributed by atoms with Crippen molar-refractivity contribution in [2.75, 3.05) is 19.8 Å². The van der Waals surface area contributed by atoms with E-state index in [1.54, 1.807) is 6.07 Å². The second-order valence-corrected chi connectivity index (χ2v) is 4.88. The van der Waals surface area contributed by atoms with Crippen LogP contribution < -0.4 is 5.73 Å². The van der Waals surface area contributed by atoms with Crippen LogP contribution in [-0.2, 0) is 4.74 Å². The Hall–Kier alpha value is -0.650. The van der Waals surface area contributed by atoms with Crippen LogP contribution in [0.4, 0.5) is 0 Å². The molecule has 1 aromatic heterocycles. The molecular weight excluding hydrogens is 274 g/mol. The van der Waals surface area contributed by atoms with E-state index < -0.39 is 5.41 Å². The van der Waals surface area contributed by atoms with Crippen LogP contribution in [0.15, 0.2) is 21.2 Å². The summed E-state index contributed by atoms with van der Waals surface area (Å²) in [6.45, 7) is 1.50. The van der Waals surface area contributed by atoms with Gasteiger partial charge in [0.25, 0.3) is 0 Å². The van der Waals surface area contributed by atoms with Gasteiger partial charge in [0, 0.05) is 19.8 Å². The van der Waals surface area contributed by atoms with Gasteiger partial charge in [0.05, 0.1) is 16.2 Å². The highest BCUT2D eigenvalue weighted by Gasteiger charge is 2.41. The van der Waals surface area contributed by atoms with Crippen LogP contribution in [0, 0.1) is 5.41 Å². The molecule has 16 heavy (non-hydrogen) atoms. The SMILES string of the molecule is NCC1(C(=O)c2occc2Br)CCOCC1. The summed E-state index contributed by atoms with van der Waals surface area (Å²) >= 11 is 3.30. The van der Waals surface area contributed by atoms with Crippen molar-refractivity contribution in [1.29, 1.82) is 0 Å². The summed E-state index contributed by atoms with van der Waals surface area (Å²) in [5.74, 6) is 0.350. The molecule has 0 saturated carbocycles. The van der Waals surface area contributed by atoms with Crippen molar-refractivity contribution >= 4 is 21.7 Å². The number of ketones is 1. The zero-order valence-corrected chi connectivity index (χ0v) is 10.5. The molecule has 1 aliphatic rings. The minimum atomic E-state index is -0.515. The first kappa shape index (κ1) is 11.8. The van der Waals surface area contributed by atoms with Gasteiger partial charge in [-0.25, -0.2) is 0 Å². The van der Waals surface area contributed by atoms with E-state index in [9.17, 15) is 4.79 Å². The van der Waals surface area contributed by atoms with Crippen LogP contribution in [0.1, 0.15) is 23.4 Å². The van der Waals surface area contributed by atoms with Crippen molar-refractivity contribution in [3.8, 4) is 0 Å². The second-order valence-electron chi connectivity index (χ2n) is 4.02. The Morgan fingerprint density at radius 3 is 2.69 bits per heavy atom. The van der Waals surface area contributed by atoms with Gasteiger partial charge in [0.15, 0.2) is 5.76 Å². The fraction of sp³-hybridized carbons (Fsp3) is 0.545. The van der Waals surface area contributed by atoms with Gasteiger partial charge in [-0.3, -0.25) is 4.79 Å². The van der Waals surface area contributed by atoms with Crippen LogP contribution in [-0.4, -0.2) is 25.5 Å². The summed E-state index contributed by atoms with van der Waals surface area (Å²) in [6, 6.07) is 1.72. The lowest BCUT2D eigenvalue weighted by Crippen LogP contribution is -2.43. The van der Waals surface area contributed by atoms with E-state index in [0.29, 0.717) is 42.8 Å². The molecule has 0 aromatic carbocycles. The van der Waals surface area contributed by atoms with Crippen LogP contribution in [0.3, 0.4) is 0 Å². The Labute approximate surface area is 102 Å². The molecule has 0 radical (unpaired) electrons. The molecule has 0 amide bonds. The number of nitrogens with two attached hydrogens (primary N) is 1. The topological polar surface area (TPSA) is 65.5 Å². The first-order valence-corrected chi connectivity index (χ1v) is 6.04. The normalized spacial score (nSPS) is 19.6. The number of rotatable bonds is 3. The number of carbonyl (C=O) groups excluding carboxylic acids is 1. The van der Waals surface area contributed by atoms with Gasteiger partial charge in [0.1, 0.15) is 0 Å². The Kier molecular flexibility index (Phi) is 3.47. The lowest BCUT2D eigenvalue weighted by Gasteiger charge is -2.33. The Bertz CT molecular complexity index is 382. The number of ether oxygens (including phenoxy) is 1. The van der Waals surface area contributed by atoms with Gasteiger partial charge in [-0.05, 0) is 34.8 Å². The van der Waals surface area contributed by atoms with E-state index in [-0.39, 0.29) is 5.78 Å². The largest absolute Gasteiger partial charge is 0.460 e. The number of hydrogen-bond acceptors (Lipinski definition) is 4. The van der Waals surface area contributed by atoms with Crippen molar-refractivity contribution in [2.24, 2.45) is 11.1 Å². The van der Waals surface area contributed by atoms with Crippen LogP contribution >= 0.6 is 15.9 Å². The molecule has 0 unspecified atom stereocenters. The quantitative estimate of drug-likeness (QED) is 0.864. The monoisotopic (exact) mass is 287 g/mol. The predicted molar refractivity (Wildman–Crippen MR) is 62.3 cm³/mol. The third kappa shape index (κ3) is 1.95. The van der Waals surface area contributed by atoms with Gasteiger partial charge in [-0.15, -0.1) is 0 Å². The van der Waals surface area contributed by atoms with E-state index >= 15 is 0 Å². The number of halogens is 1. The number of Topliss-reactive ketones (excluding diaryl/α,β-unsaturated/α-hetero) is 1. The first-order chi connectivity index (χ1) is 7.69. The molecule has 1 aliphatic heterocycles. The number of carbonyl (C=O) groups is 1. The van der Waals surface area contributed by atoms with E-state index in [1.165, 1.54) is 6.26 Å². The smallest absolute Gasteiger partial charge is 0.206 e. The average Bonchev–Trinajstić information content (AvgIpc) is 2.75. The maximum absolute atomic E-state index is 12.4. The van der Waals surface area contributed by atoms with Crippen LogP contribution in [0.2, 0.25) is 0 Å². The second kappa shape index (κ2) is 4.69. The fourth-order valence-corrected chi connectivity index (χ4v) is 2.36. The van der Waals surface area contributed by atoms with E-state index in [0.717, 1.165) is 0 Å². The molecule has 2 rings (SSSR count). The highest BCUT2D eigenvalue weighted by atomic mass is 79.9. The highest BCUT2D eigenvalue weighted by Crippen LogP contribution is 2.35. The van der Waals surface area contributed by atoms with Crippen molar-refractivity contribution in [2.45, 2.75) is 12.8 Å². The minimum Gasteiger partial charge on any atom is -0.460 e. The summed E-state index contributed by atoms with van der Waals surface area (Å²) in [6.07, 6.45) is 2.83. The molecule has 0 spiro atoms. The summed E-state index contributed by atoms with van der Waals surface area (Å²) < 4.78 is 11.2. The molecule has 1 saturated heterocycles. The Morgan fingerprint density at radius 1 is 1.50 bits per heavy atom. The van der Waals surface area contributed by atoms with Gasteiger partial charge in [-0.2, -0.15) is 0 Å². The van der Waals surface area contributed by atoms with E-state index in [4.69, 9.17) is 14.9 Å². The molecule has 88 valence electrons. The Balaban J connectivity index is 2.28. The summed E-state index contributed by atoms with van der Waals surface area (Å²) in [5, 5.41) is 0. The third-order valence-electron chi connectivity index (χ3n) is 3.15. The molecule has 2 N–H and O–H groups in total. The van der Waals surface area contributed by atoms with Crippen LogP contribution in [0.25, 0.3) is 0 Å². The zero-order chi connectivity index (χ0) is 11.6. The molecule has 1 fully saturated rings. The fourth-order valence-electron chi connectivity index (χ4n) is 1.98. The summed E-state index contributed by atoms with van der Waals surface area (Å²) in [5.41, 5.74) is 5.25. The van der Waals surface area contributed by atoms with Crippen molar-refractivity contribution in [1.82, 2.24) is 0 Å². The van der Waals surface area contributed by atoms with Gasteiger partial charge >= 0.3 is 0 Å². The molecule has 0 atom stereocenters. The lowest BCUT2D eigenvalue weighted by atomic mass is 9.75. The minimum absolute atomic E-state index is 0.0184. The number of hydrogen-bond donors (Lipinski definition) is 1. The standard InChI is InChI=1S/C11H14BrNO3/c12-8-1-4-16-9(8)10(14)11(7-13)2-5-15-6-3-11/h1,4H,2-3,5-7,13H2. The van der Waals surface area contributed by atoms with Crippen molar-refractivity contribution in [3.05, 3.63) is 22.6 Å². The molecule has 0 bridgehead atoms. The van der Waals surface area contributed by atoms with Crippen LogP contribution in [0.5, 0.6) is 0 Å². The van der Waals surface area contributed by atoms with E-state index in [2.05, 4.69) is 15.9 Å². The van der Waals surface area contributed by atoms with E-state index in [1.807, 2.05) is 0 Å². The summed E-state index contributed by atoms with van der Waals surface area (Å²) in [4.78, 5) is 12.4. The summed E-state index contributed by atoms with van der Waals surface area (Å²) in [7, 11) is 0. The zero-order valence-electron chi connectivity index (χ0n) is 8.87. The molecule has 5 heteroatoms. The Morgan fingerprint density at radius 2 is 2.19 bits per heavy atom. The average molecular weight is 288 g/mol.